The Kier molecular flexibility index (Phi) is 4.88. The molecule has 0 aliphatic carbocycles. The molecule has 0 unspecified atom stereocenters. The lowest BCUT2D eigenvalue weighted by Crippen LogP contribution is -2.02. The molecule has 0 amide bonds. The maximum atomic E-state index is 12.2. The van der Waals surface area contributed by atoms with E-state index in [1.807, 2.05) is 30.3 Å². The fraction of sp³-hybridized carbons (Fsp3) is 0.118. The van der Waals surface area contributed by atoms with Crippen LogP contribution in [0.1, 0.15) is 22.5 Å². The Balaban J connectivity index is 1.68. The van der Waals surface area contributed by atoms with E-state index in [0.29, 0.717) is 24.2 Å². The van der Waals surface area contributed by atoms with Crippen LogP contribution in [-0.2, 0) is 6.42 Å². The number of pyridine rings is 1. The van der Waals surface area contributed by atoms with Gasteiger partial charge in [0.1, 0.15) is 16.6 Å². The predicted octanol–water partition coefficient (Wildman–Crippen LogP) is 4.97. The maximum Gasteiger partial charge on any atom is 0.166 e. The molecular formula is C17H12BrClN2O2. The number of benzene rings is 1. The van der Waals surface area contributed by atoms with Crippen LogP contribution in [0.25, 0.3) is 11.3 Å². The van der Waals surface area contributed by atoms with Crippen LogP contribution in [-0.4, -0.2) is 15.9 Å². The second-order valence-corrected chi connectivity index (χ2v) is 6.23. The number of hydrogen-bond acceptors (Lipinski definition) is 4. The summed E-state index contributed by atoms with van der Waals surface area (Å²) in [6.07, 6.45) is 2.31. The van der Waals surface area contributed by atoms with Gasteiger partial charge in [0.2, 0.25) is 0 Å². The lowest BCUT2D eigenvalue weighted by molar-refractivity contribution is 0.0980. The number of nitrogens with zero attached hydrogens (tertiary/aromatic N) is 2. The van der Waals surface area contributed by atoms with Crippen LogP contribution in [0.2, 0.25) is 5.15 Å². The van der Waals surface area contributed by atoms with E-state index in [9.17, 15) is 4.79 Å². The molecular weight excluding hydrogens is 380 g/mol. The monoisotopic (exact) mass is 390 g/mol. The fourth-order valence-corrected chi connectivity index (χ4v) is 2.80. The third kappa shape index (κ3) is 3.86. The van der Waals surface area contributed by atoms with Gasteiger partial charge in [-0.1, -0.05) is 44.8 Å². The molecule has 116 valence electrons. The summed E-state index contributed by atoms with van der Waals surface area (Å²) in [5, 5.41) is 4.28. The molecule has 3 rings (SSSR count). The van der Waals surface area contributed by atoms with Gasteiger partial charge in [-0.2, -0.15) is 0 Å². The van der Waals surface area contributed by atoms with E-state index in [1.165, 1.54) is 0 Å². The van der Waals surface area contributed by atoms with Gasteiger partial charge in [0.05, 0.1) is 5.56 Å². The molecule has 0 bridgehead atoms. The molecule has 2 aromatic heterocycles. The predicted molar refractivity (Wildman–Crippen MR) is 91.5 cm³/mol. The van der Waals surface area contributed by atoms with Crippen molar-refractivity contribution in [3.05, 3.63) is 69.6 Å². The van der Waals surface area contributed by atoms with Gasteiger partial charge in [-0.15, -0.1) is 0 Å². The summed E-state index contributed by atoms with van der Waals surface area (Å²) in [6, 6.07) is 13.0. The maximum absolute atomic E-state index is 12.2. The summed E-state index contributed by atoms with van der Waals surface area (Å²) in [5.41, 5.74) is 2.13. The average Bonchev–Trinajstić information content (AvgIpc) is 3.02. The molecule has 0 aliphatic heterocycles. The number of halogens is 2. The third-order valence-electron chi connectivity index (χ3n) is 3.34. The smallest absolute Gasteiger partial charge is 0.166 e. The highest BCUT2D eigenvalue weighted by Crippen LogP contribution is 2.23. The molecule has 0 atom stereocenters. The minimum atomic E-state index is -0.0662. The van der Waals surface area contributed by atoms with Crippen LogP contribution in [0, 0.1) is 0 Å². The van der Waals surface area contributed by atoms with E-state index >= 15 is 0 Å². The van der Waals surface area contributed by atoms with Gasteiger partial charge in [-0.05, 0) is 24.3 Å². The van der Waals surface area contributed by atoms with Gasteiger partial charge < -0.3 is 4.52 Å². The summed E-state index contributed by atoms with van der Waals surface area (Å²) in [4.78, 5) is 16.1. The molecule has 0 radical (unpaired) electrons. The van der Waals surface area contributed by atoms with Gasteiger partial charge in [0, 0.05) is 35.1 Å². The summed E-state index contributed by atoms with van der Waals surface area (Å²) in [6.45, 7) is 0. The minimum Gasteiger partial charge on any atom is -0.361 e. The van der Waals surface area contributed by atoms with Crippen LogP contribution in [0.4, 0.5) is 0 Å². The van der Waals surface area contributed by atoms with E-state index < -0.39 is 0 Å². The van der Waals surface area contributed by atoms with Gasteiger partial charge in [0.25, 0.3) is 0 Å². The second-order valence-electron chi connectivity index (χ2n) is 4.95. The van der Waals surface area contributed by atoms with E-state index in [2.05, 4.69) is 26.1 Å². The zero-order chi connectivity index (χ0) is 16.2. The average molecular weight is 392 g/mol. The third-order valence-corrected chi connectivity index (χ3v) is 4.13. The standard InChI is InChI=1S/C17H12BrClN2O2/c18-12-4-1-3-11(9-12)15-10-13(23-21-15)6-7-16(22)14-5-2-8-20-17(14)19/h1-5,8-10H,6-7H2. The topological polar surface area (TPSA) is 56.0 Å². The Morgan fingerprint density at radius 1 is 1.22 bits per heavy atom. The van der Waals surface area contributed by atoms with Crippen molar-refractivity contribution in [2.75, 3.05) is 0 Å². The molecule has 6 heteroatoms. The first-order valence-electron chi connectivity index (χ1n) is 6.99. The largest absolute Gasteiger partial charge is 0.361 e. The quantitative estimate of drug-likeness (QED) is 0.455. The number of ketones is 1. The fourth-order valence-electron chi connectivity index (χ4n) is 2.18. The molecule has 1 aromatic carbocycles. The number of carbonyl (C=O) groups excluding carboxylic acids is 1. The molecule has 2 heterocycles. The first-order valence-corrected chi connectivity index (χ1v) is 8.16. The van der Waals surface area contributed by atoms with Crippen LogP contribution >= 0.6 is 27.5 Å². The molecule has 0 fully saturated rings. The Labute approximate surface area is 146 Å². The van der Waals surface area contributed by atoms with Crippen molar-refractivity contribution in [3.8, 4) is 11.3 Å². The number of Topliss-reactive ketones (excluding diaryl/α,β-unsaturated/α-hetero) is 1. The van der Waals surface area contributed by atoms with Crippen molar-refractivity contribution >= 4 is 33.3 Å². The molecule has 23 heavy (non-hydrogen) atoms. The molecule has 4 nitrogen and oxygen atoms in total. The van der Waals surface area contributed by atoms with Crippen molar-refractivity contribution in [2.45, 2.75) is 12.8 Å². The molecule has 0 spiro atoms. The SMILES string of the molecule is O=C(CCc1cc(-c2cccc(Br)c2)no1)c1cccnc1Cl. The Hall–Kier alpha value is -1.98. The van der Waals surface area contributed by atoms with E-state index in [1.54, 1.807) is 18.3 Å². The number of hydrogen-bond donors (Lipinski definition) is 0. The zero-order valence-corrected chi connectivity index (χ0v) is 14.3. The molecule has 0 saturated heterocycles. The first-order chi connectivity index (χ1) is 11.1. The van der Waals surface area contributed by atoms with E-state index in [4.69, 9.17) is 16.1 Å². The zero-order valence-electron chi connectivity index (χ0n) is 12.0. The Morgan fingerprint density at radius 3 is 2.87 bits per heavy atom. The van der Waals surface area contributed by atoms with E-state index in [0.717, 1.165) is 15.7 Å². The summed E-state index contributed by atoms with van der Waals surface area (Å²) >= 11 is 9.35. The highest BCUT2D eigenvalue weighted by atomic mass is 79.9. The molecule has 0 saturated carbocycles. The van der Waals surface area contributed by atoms with Crippen LogP contribution < -0.4 is 0 Å². The van der Waals surface area contributed by atoms with E-state index in [-0.39, 0.29) is 10.9 Å². The van der Waals surface area contributed by atoms with Crippen LogP contribution in [0.15, 0.2) is 57.7 Å². The van der Waals surface area contributed by atoms with Crippen molar-refractivity contribution < 1.29 is 9.32 Å². The van der Waals surface area contributed by atoms with Gasteiger partial charge >= 0.3 is 0 Å². The van der Waals surface area contributed by atoms with Crippen LogP contribution in [0.3, 0.4) is 0 Å². The summed E-state index contributed by atoms with van der Waals surface area (Å²) in [7, 11) is 0. The Morgan fingerprint density at radius 2 is 2.09 bits per heavy atom. The van der Waals surface area contributed by atoms with Crippen molar-refractivity contribution in [3.63, 3.8) is 0 Å². The number of rotatable bonds is 5. The lowest BCUT2D eigenvalue weighted by atomic mass is 10.1. The molecule has 3 aromatic rings. The van der Waals surface area contributed by atoms with Crippen LogP contribution in [0.5, 0.6) is 0 Å². The number of aromatic nitrogens is 2. The molecule has 0 aliphatic rings. The Bertz CT molecular complexity index is 848. The number of carbonyl (C=O) groups is 1. The molecule has 0 N–H and O–H groups in total. The van der Waals surface area contributed by atoms with Gasteiger partial charge in [0.15, 0.2) is 5.78 Å². The summed E-state index contributed by atoms with van der Waals surface area (Å²) in [5.74, 6) is 0.594. The van der Waals surface area contributed by atoms with Gasteiger partial charge in [-0.25, -0.2) is 4.98 Å². The number of aryl methyl sites for hydroxylation is 1. The second kappa shape index (κ2) is 7.06. The van der Waals surface area contributed by atoms with Crippen molar-refractivity contribution in [2.24, 2.45) is 0 Å². The summed E-state index contributed by atoms with van der Waals surface area (Å²) < 4.78 is 6.28. The van der Waals surface area contributed by atoms with Crippen molar-refractivity contribution in [1.29, 1.82) is 0 Å². The first kappa shape index (κ1) is 15.9. The normalized spacial score (nSPS) is 10.7. The highest BCUT2D eigenvalue weighted by Gasteiger charge is 2.13. The van der Waals surface area contributed by atoms with Crippen molar-refractivity contribution in [1.82, 2.24) is 10.1 Å². The van der Waals surface area contributed by atoms with Gasteiger partial charge in [-0.3, -0.25) is 4.79 Å². The minimum absolute atomic E-state index is 0.0662. The highest BCUT2D eigenvalue weighted by molar-refractivity contribution is 9.10. The lowest BCUT2D eigenvalue weighted by Gasteiger charge is -2.00.